The first-order valence-corrected chi connectivity index (χ1v) is 13.0. The maximum absolute atomic E-state index is 12.6. The van der Waals surface area contributed by atoms with Crippen molar-refractivity contribution < 1.29 is 9.22 Å². The SMILES string of the molecule is C[C@@H](O[Si](C)(C)C(C)(C)C)[C@H]1C(=O)N2Cc3cccnc3[Se][C@H]12. The van der Waals surface area contributed by atoms with Crippen LogP contribution < -0.4 is 4.59 Å². The van der Waals surface area contributed by atoms with Crippen molar-refractivity contribution in [3.63, 3.8) is 0 Å². The summed E-state index contributed by atoms with van der Waals surface area (Å²) in [4.78, 5) is 19.5. The molecule has 1 amide bonds. The number of aromatic nitrogens is 1. The average Bonchev–Trinajstić information content (AvgIpc) is 2.44. The zero-order valence-electron chi connectivity index (χ0n) is 14.8. The van der Waals surface area contributed by atoms with Crippen molar-refractivity contribution in [3.05, 3.63) is 23.9 Å². The third-order valence-corrected chi connectivity index (χ3v) is 12.9. The number of β-lactam (4-membered cyclic amide) rings is 1. The summed E-state index contributed by atoms with van der Waals surface area (Å²) < 4.78 is 7.70. The van der Waals surface area contributed by atoms with Crippen LogP contribution in [0.15, 0.2) is 18.3 Å². The number of rotatable bonds is 3. The van der Waals surface area contributed by atoms with Crippen LogP contribution in [-0.2, 0) is 15.8 Å². The molecule has 6 heteroatoms. The molecule has 0 unspecified atom stereocenters. The van der Waals surface area contributed by atoms with Gasteiger partial charge in [0, 0.05) is 0 Å². The molecule has 0 bridgehead atoms. The Morgan fingerprint density at radius 1 is 1.43 bits per heavy atom. The number of pyridine rings is 1. The summed E-state index contributed by atoms with van der Waals surface area (Å²) in [5.74, 6) is 0.275. The van der Waals surface area contributed by atoms with E-state index in [9.17, 15) is 4.79 Å². The van der Waals surface area contributed by atoms with Gasteiger partial charge in [-0.15, -0.1) is 0 Å². The van der Waals surface area contributed by atoms with Crippen LogP contribution >= 0.6 is 0 Å². The molecule has 2 aliphatic rings. The molecule has 23 heavy (non-hydrogen) atoms. The molecular formula is C17H26N2O2SeSi. The molecular weight excluding hydrogens is 371 g/mol. The molecule has 0 spiro atoms. The van der Waals surface area contributed by atoms with Crippen LogP contribution in [0.5, 0.6) is 0 Å². The van der Waals surface area contributed by atoms with E-state index in [4.69, 9.17) is 4.43 Å². The fourth-order valence-electron chi connectivity index (χ4n) is 2.95. The summed E-state index contributed by atoms with van der Waals surface area (Å²) in [6.45, 7) is 14.0. The van der Waals surface area contributed by atoms with Crippen LogP contribution in [0.3, 0.4) is 0 Å². The van der Waals surface area contributed by atoms with E-state index in [-0.39, 0.29) is 37.9 Å². The Kier molecular flexibility index (Phi) is 4.24. The summed E-state index contributed by atoms with van der Waals surface area (Å²) in [5, 5.41) is 0.166. The number of amides is 1. The number of carbonyl (C=O) groups excluding carboxylic acids is 1. The monoisotopic (exact) mass is 398 g/mol. The Morgan fingerprint density at radius 2 is 2.13 bits per heavy atom. The zero-order valence-corrected chi connectivity index (χ0v) is 17.5. The molecule has 4 nitrogen and oxygen atoms in total. The summed E-state index contributed by atoms with van der Waals surface area (Å²) in [5.41, 5.74) is 1.22. The van der Waals surface area contributed by atoms with Gasteiger partial charge in [-0.05, 0) is 0 Å². The van der Waals surface area contributed by atoms with E-state index in [1.807, 2.05) is 17.2 Å². The van der Waals surface area contributed by atoms with Gasteiger partial charge in [0.15, 0.2) is 0 Å². The van der Waals surface area contributed by atoms with Gasteiger partial charge in [0.25, 0.3) is 0 Å². The second kappa shape index (κ2) is 5.69. The van der Waals surface area contributed by atoms with Crippen molar-refractivity contribution in [1.29, 1.82) is 0 Å². The van der Waals surface area contributed by atoms with Crippen molar-refractivity contribution >= 4 is 33.8 Å². The number of carbonyl (C=O) groups is 1. The number of nitrogens with zero attached hydrogens (tertiary/aromatic N) is 2. The van der Waals surface area contributed by atoms with E-state index < -0.39 is 8.32 Å². The van der Waals surface area contributed by atoms with Crippen molar-refractivity contribution in [1.82, 2.24) is 9.88 Å². The summed E-state index contributed by atoms with van der Waals surface area (Å²) in [6.07, 6.45) is 1.86. The fourth-order valence-corrected chi connectivity index (χ4v) is 7.37. The minimum atomic E-state index is -1.85. The van der Waals surface area contributed by atoms with E-state index in [0.29, 0.717) is 4.94 Å². The molecule has 0 aromatic carbocycles. The first kappa shape index (κ1) is 17.1. The molecule has 0 aliphatic carbocycles. The fraction of sp³-hybridized carbons (Fsp3) is 0.647. The molecule has 3 rings (SSSR count). The quantitative estimate of drug-likeness (QED) is 0.580. The minimum absolute atomic E-state index is 0.00298. The van der Waals surface area contributed by atoms with Gasteiger partial charge in [-0.2, -0.15) is 0 Å². The predicted octanol–water partition coefficient (Wildman–Crippen LogP) is 2.12. The van der Waals surface area contributed by atoms with Gasteiger partial charge >= 0.3 is 146 Å². The molecule has 0 saturated carbocycles. The second-order valence-corrected chi connectivity index (χ2v) is 15.1. The Morgan fingerprint density at radius 3 is 2.78 bits per heavy atom. The zero-order chi connectivity index (χ0) is 17.0. The van der Waals surface area contributed by atoms with Crippen molar-refractivity contribution in [3.8, 4) is 0 Å². The topological polar surface area (TPSA) is 42.4 Å². The molecule has 0 radical (unpaired) electrons. The van der Waals surface area contributed by atoms with E-state index in [1.165, 1.54) is 10.2 Å². The molecule has 2 aliphatic heterocycles. The first-order valence-electron chi connectivity index (χ1n) is 8.21. The van der Waals surface area contributed by atoms with Crippen molar-refractivity contribution in [2.45, 2.75) is 63.4 Å². The standard InChI is InChI=1S/C17H26N2O2SeSi/c1-11(21-23(5,6)17(2,3)4)13-15(20)19-10-12-8-7-9-18-14(12)22-16(13)19/h7-9,11,13,16H,10H2,1-6H3/t11-,13+,16-/m1/s1. The molecule has 1 aromatic heterocycles. The van der Waals surface area contributed by atoms with Crippen LogP contribution in [-0.4, -0.2) is 50.1 Å². The number of fused-ring (bicyclic) bond motifs is 2. The van der Waals surface area contributed by atoms with Crippen LogP contribution in [0.2, 0.25) is 18.1 Å². The Labute approximate surface area is 146 Å². The molecule has 126 valence electrons. The molecule has 0 N–H and O–H groups in total. The summed E-state index contributed by atoms with van der Waals surface area (Å²) in [6, 6.07) is 4.05. The third-order valence-electron chi connectivity index (χ3n) is 5.40. The third kappa shape index (κ3) is 2.91. The van der Waals surface area contributed by atoms with Crippen molar-refractivity contribution in [2.24, 2.45) is 5.92 Å². The van der Waals surface area contributed by atoms with Crippen molar-refractivity contribution in [2.75, 3.05) is 0 Å². The molecule has 3 atom stereocenters. The average molecular weight is 397 g/mol. The van der Waals surface area contributed by atoms with Gasteiger partial charge < -0.3 is 0 Å². The molecule has 1 fully saturated rings. The van der Waals surface area contributed by atoms with Crippen LogP contribution in [0, 0.1) is 5.92 Å². The number of hydrogen-bond donors (Lipinski definition) is 0. The van der Waals surface area contributed by atoms with E-state index in [2.05, 4.69) is 51.8 Å². The van der Waals surface area contributed by atoms with E-state index >= 15 is 0 Å². The number of hydrogen-bond acceptors (Lipinski definition) is 3. The molecule has 1 saturated heterocycles. The van der Waals surface area contributed by atoms with Gasteiger partial charge in [-0.1, -0.05) is 0 Å². The van der Waals surface area contributed by atoms with Gasteiger partial charge in [0.1, 0.15) is 0 Å². The van der Waals surface area contributed by atoms with Gasteiger partial charge in [0.2, 0.25) is 0 Å². The summed E-state index contributed by atoms with van der Waals surface area (Å²) >= 11 is 0.221. The van der Waals surface area contributed by atoms with Crippen LogP contribution in [0.25, 0.3) is 0 Å². The van der Waals surface area contributed by atoms with Gasteiger partial charge in [-0.25, -0.2) is 0 Å². The Bertz CT molecular complexity index is 629. The second-order valence-electron chi connectivity index (χ2n) is 8.05. The normalized spacial score (nSPS) is 25.5. The Hall–Kier alpha value is -0.684. The van der Waals surface area contributed by atoms with Gasteiger partial charge in [0.05, 0.1) is 0 Å². The van der Waals surface area contributed by atoms with Gasteiger partial charge in [-0.3, -0.25) is 0 Å². The maximum atomic E-state index is 12.6. The molecule has 3 heterocycles. The van der Waals surface area contributed by atoms with E-state index in [0.717, 1.165) is 6.54 Å². The predicted molar refractivity (Wildman–Crippen MR) is 95.2 cm³/mol. The first-order chi connectivity index (χ1) is 10.6. The molecule has 1 aromatic rings. The van der Waals surface area contributed by atoms with Crippen LogP contribution in [0.1, 0.15) is 33.3 Å². The summed E-state index contributed by atoms with van der Waals surface area (Å²) in [7, 11) is -1.85. The van der Waals surface area contributed by atoms with Crippen LogP contribution in [0.4, 0.5) is 0 Å². The van der Waals surface area contributed by atoms with E-state index in [1.54, 1.807) is 0 Å². The Balaban J connectivity index is 1.75.